The van der Waals surface area contributed by atoms with E-state index >= 15 is 0 Å². The van der Waals surface area contributed by atoms with Crippen LogP contribution in [-0.2, 0) is 14.2 Å². The second-order valence-electron chi connectivity index (χ2n) is 6.75. The Morgan fingerprint density at radius 2 is 1.52 bits per heavy atom. The predicted octanol–water partition coefficient (Wildman–Crippen LogP) is -0.416. The smallest absolute Gasteiger partial charge is 0.352 e. The molecule has 8 N–H and O–H groups in total. The van der Waals surface area contributed by atoms with Gasteiger partial charge in [-0.15, -0.1) is 0 Å². The van der Waals surface area contributed by atoms with E-state index in [4.69, 9.17) is 0 Å². The van der Waals surface area contributed by atoms with Crippen LogP contribution in [0.4, 0.5) is 0 Å². The van der Waals surface area contributed by atoms with Crippen molar-refractivity contribution in [2.75, 3.05) is 6.54 Å². The third kappa shape index (κ3) is 4.41. The van der Waals surface area contributed by atoms with E-state index in [9.17, 15) is 34.2 Å². The number of rotatable bonds is 6. The number of amides is 2. The number of quaternary nitrogens is 1. The fraction of sp³-hybridized carbons (Fsp3) is 0.222. The van der Waals surface area contributed by atoms with Crippen molar-refractivity contribution >= 4 is 19.4 Å². The number of carbonyl (C=O) groups excluding carboxylic acids is 2. The van der Waals surface area contributed by atoms with Crippen molar-refractivity contribution < 1.29 is 39.9 Å². The lowest BCUT2D eigenvalue weighted by Gasteiger charge is -2.43. The normalized spacial score (nSPS) is 18.7. The maximum Gasteiger partial charge on any atom is 0.352 e. The summed E-state index contributed by atoms with van der Waals surface area (Å²) in [7, 11) is -4.73. The fourth-order valence-corrected chi connectivity index (χ4v) is 4.24. The number of aromatic hydroxyl groups is 2. The molecule has 0 radical (unpaired) electrons. The van der Waals surface area contributed by atoms with Crippen LogP contribution in [0.15, 0.2) is 48.5 Å². The zero-order valence-electron chi connectivity index (χ0n) is 15.2. The highest BCUT2D eigenvalue weighted by atomic mass is 31.2. The molecule has 11 heteroatoms. The summed E-state index contributed by atoms with van der Waals surface area (Å²) in [5.41, 5.74) is 4.47. The van der Waals surface area contributed by atoms with Crippen LogP contribution in [-0.4, -0.2) is 49.3 Å². The first-order chi connectivity index (χ1) is 13.6. The van der Waals surface area contributed by atoms with Crippen molar-refractivity contribution in [2.24, 2.45) is 0 Å². The summed E-state index contributed by atoms with van der Waals surface area (Å²) in [4.78, 5) is 45.3. The number of phenolic OH excluding ortho intramolecular Hbond substituents is 2. The predicted molar refractivity (Wildman–Crippen MR) is 100 cm³/mol. The molecule has 1 heterocycles. The molecular weight excluding hydrogens is 401 g/mol. The molecule has 2 aromatic carbocycles. The van der Waals surface area contributed by atoms with Crippen molar-refractivity contribution in [3.63, 3.8) is 0 Å². The highest BCUT2D eigenvalue weighted by Crippen LogP contribution is 2.55. The van der Waals surface area contributed by atoms with Crippen LogP contribution < -0.4 is 11.1 Å². The number of phenols is 2. The molecule has 1 fully saturated rings. The minimum absolute atomic E-state index is 0.0453. The Hall–Kier alpha value is -2.91. The van der Waals surface area contributed by atoms with Crippen LogP contribution in [0.25, 0.3) is 0 Å². The van der Waals surface area contributed by atoms with Crippen LogP contribution in [0.1, 0.15) is 23.0 Å². The largest absolute Gasteiger partial charge is 0.508 e. The zero-order chi connectivity index (χ0) is 21.3. The molecule has 1 aliphatic rings. The van der Waals surface area contributed by atoms with Crippen molar-refractivity contribution in [3.05, 3.63) is 59.7 Å². The van der Waals surface area contributed by atoms with Gasteiger partial charge >= 0.3 is 7.60 Å². The van der Waals surface area contributed by atoms with Gasteiger partial charge in [-0.25, -0.2) is 0 Å². The summed E-state index contributed by atoms with van der Waals surface area (Å²) in [6, 6.07) is 9.36. The third-order valence-corrected chi connectivity index (χ3v) is 5.91. The molecule has 2 amide bonds. The summed E-state index contributed by atoms with van der Waals surface area (Å²) in [5.74, 6) is -2.68. The molecule has 1 aliphatic heterocycles. The van der Waals surface area contributed by atoms with Gasteiger partial charge in [0.15, 0.2) is 11.8 Å². The first kappa shape index (κ1) is 20.8. The Balaban J connectivity index is 1.69. The van der Waals surface area contributed by atoms with Gasteiger partial charge in [0.05, 0.1) is 6.54 Å². The summed E-state index contributed by atoms with van der Waals surface area (Å²) in [5, 5.41) is 21.2. The number of nitrogens with one attached hydrogen (secondary N) is 1. The summed E-state index contributed by atoms with van der Waals surface area (Å²) in [6.07, 6.45) is 0. The van der Waals surface area contributed by atoms with Gasteiger partial charge in [0.2, 0.25) is 5.91 Å². The fourth-order valence-electron chi connectivity index (χ4n) is 3.11. The van der Waals surface area contributed by atoms with Gasteiger partial charge in [0.25, 0.3) is 5.91 Å². The molecule has 10 nitrogen and oxygen atoms in total. The number of benzene rings is 2. The number of hydrogen-bond donors (Lipinski definition) is 6. The Bertz CT molecular complexity index is 958. The van der Waals surface area contributed by atoms with Crippen LogP contribution in [0.2, 0.25) is 0 Å². The van der Waals surface area contributed by atoms with Crippen LogP contribution in [0.5, 0.6) is 11.5 Å². The third-order valence-electron chi connectivity index (χ3n) is 4.69. The van der Waals surface area contributed by atoms with E-state index in [1.807, 2.05) is 0 Å². The number of β-lactam (4-membered cyclic amide) rings is 1. The lowest BCUT2D eigenvalue weighted by molar-refractivity contribution is -0.409. The van der Waals surface area contributed by atoms with Crippen molar-refractivity contribution in [2.45, 2.75) is 17.9 Å². The molecule has 3 rings (SSSR count). The van der Waals surface area contributed by atoms with Crippen molar-refractivity contribution in [1.82, 2.24) is 10.2 Å². The Kier molecular flexibility index (Phi) is 5.63. The van der Waals surface area contributed by atoms with Crippen molar-refractivity contribution in [1.29, 1.82) is 0 Å². The number of hydrogen-bond acceptors (Lipinski definition) is 5. The monoisotopic (exact) mass is 422 g/mol. The van der Waals surface area contributed by atoms with Gasteiger partial charge in [0.1, 0.15) is 17.5 Å². The van der Waals surface area contributed by atoms with Gasteiger partial charge in [-0.3, -0.25) is 14.2 Å². The molecule has 154 valence electrons. The topological polar surface area (TPSA) is 175 Å². The molecule has 0 aromatic heterocycles. The quantitative estimate of drug-likeness (QED) is 0.271. The standard InChI is InChI=1S/C18H20N3O7P/c19-15(10-1-5-12(22)6-2-10)16(24)20-14-9-21(17(14)25)18(29(26,27)28)11-3-7-13(23)8-4-11/h1-8,14-15,18,22-23H,9,19H2,(H,20,24)(H2,26,27,28)/p+1/t14-,15+,18-/m0/s1. The van der Waals surface area contributed by atoms with Gasteiger partial charge in [0, 0.05) is 5.56 Å². The molecule has 0 spiro atoms. The molecule has 3 atom stereocenters. The first-order valence-electron chi connectivity index (χ1n) is 8.65. The van der Waals surface area contributed by atoms with E-state index in [1.54, 1.807) is 0 Å². The SMILES string of the molecule is [NH3+][C@@H](C(=O)N[C@H]1CN([C@H](c2ccc(O)cc2)P(=O)(O)O)C1=O)c1ccc(O)cc1. The number of nitrogens with zero attached hydrogens (tertiary/aromatic N) is 1. The van der Waals surface area contributed by atoms with E-state index in [1.165, 1.54) is 48.5 Å². The van der Waals surface area contributed by atoms with Gasteiger partial charge in [-0.1, -0.05) is 12.1 Å². The van der Waals surface area contributed by atoms with E-state index in [-0.39, 0.29) is 23.6 Å². The van der Waals surface area contributed by atoms with Crippen molar-refractivity contribution in [3.8, 4) is 11.5 Å². The number of carbonyl (C=O) groups is 2. The lowest BCUT2D eigenvalue weighted by atomic mass is 10.0. The Labute approximate surface area is 165 Å². The van der Waals surface area contributed by atoms with E-state index in [2.05, 4.69) is 11.1 Å². The Morgan fingerprint density at radius 3 is 1.97 bits per heavy atom. The summed E-state index contributed by atoms with van der Waals surface area (Å²) < 4.78 is 12.0. The molecule has 0 unspecified atom stereocenters. The van der Waals surface area contributed by atoms with E-state index in [0.717, 1.165) is 4.90 Å². The maximum absolute atomic E-state index is 12.5. The minimum Gasteiger partial charge on any atom is -0.508 e. The lowest BCUT2D eigenvalue weighted by Crippen LogP contribution is -2.68. The first-order valence-corrected chi connectivity index (χ1v) is 10.3. The Morgan fingerprint density at radius 1 is 1.03 bits per heavy atom. The second-order valence-corrected chi connectivity index (χ2v) is 8.42. The van der Waals surface area contributed by atoms with Crippen LogP contribution >= 0.6 is 7.60 Å². The van der Waals surface area contributed by atoms with Gasteiger partial charge in [-0.2, -0.15) is 0 Å². The molecule has 0 aliphatic carbocycles. The molecule has 1 saturated heterocycles. The average molecular weight is 422 g/mol. The van der Waals surface area contributed by atoms with Gasteiger partial charge in [-0.05, 0) is 42.0 Å². The average Bonchev–Trinajstić information content (AvgIpc) is 2.67. The molecule has 29 heavy (non-hydrogen) atoms. The molecular formula is C18H21N3O7P+. The zero-order valence-corrected chi connectivity index (χ0v) is 16.1. The minimum atomic E-state index is -4.73. The van der Waals surface area contributed by atoms with E-state index in [0.29, 0.717) is 5.56 Å². The highest BCUT2D eigenvalue weighted by Gasteiger charge is 2.48. The molecule has 0 bridgehead atoms. The highest BCUT2D eigenvalue weighted by molar-refractivity contribution is 7.52. The van der Waals surface area contributed by atoms with Gasteiger partial charge < -0.3 is 36.0 Å². The molecule has 0 saturated carbocycles. The maximum atomic E-state index is 12.5. The summed E-state index contributed by atoms with van der Waals surface area (Å²) in [6.45, 7) is -0.0798. The molecule has 2 aromatic rings. The van der Waals surface area contributed by atoms with E-state index < -0.39 is 37.3 Å². The van der Waals surface area contributed by atoms with Crippen LogP contribution in [0.3, 0.4) is 0 Å². The van der Waals surface area contributed by atoms with Crippen LogP contribution in [0, 0.1) is 0 Å². The summed E-state index contributed by atoms with van der Waals surface area (Å²) >= 11 is 0. The second kappa shape index (κ2) is 7.84. The number of likely N-dealkylation sites (tertiary alicyclic amines) is 1.